The van der Waals surface area contributed by atoms with Gasteiger partial charge in [0.2, 0.25) is 5.91 Å². The zero-order chi connectivity index (χ0) is 20.6. The summed E-state index contributed by atoms with van der Waals surface area (Å²) in [6.07, 6.45) is -0.546. The van der Waals surface area contributed by atoms with Crippen LogP contribution in [-0.4, -0.2) is 25.2 Å². The van der Waals surface area contributed by atoms with E-state index in [9.17, 15) is 9.90 Å². The van der Waals surface area contributed by atoms with E-state index in [1.165, 1.54) is 0 Å². The highest BCUT2D eigenvalue weighted by Gasteiger charge is 2.28. The van der Waals surface area contributed by atoms with Crippen LogP contribution in [0.5, 0.6) is 11.5 Å². The number of hydrogen-bond acceptors (Lipinski definition) is 4. The minimum atomic E-state index is -0.959. The molecule has 0 saturated carbocycles. The Balaban J connectivity index is 1.83. The van der Waals surface area contributed by atoms with Crippen molar-refractivity contribution in [3.05, 3.63) is 90.0 Å². The van der Waals surface area contributed by atoms with Crippen molar-refractivity contribution in [2.75, 3.05) is 19.5 Å². The molecule has 2 atom stereocenters. The van der Waals surface area contributed by atoms with Crippen LogP contribution in [0.4, 0.5) is 5.69 Å². The predicted octanol–water partition coefficient (Wildman–Crippen LogP) is 4.23. The lowest BCUT2D eigenvalue weighted by Crippen LogP contribution is -2.30. The zero-order valence-corrected chi connectivity index (χ0v) is 16.5. The van der Waals surface area contributed by atoms with Crippen molar-refractivity contribution < 1.29 is 19.4 Å². The Morgan fingerprint density at radius 1 is 0.862 bits per heavy atom. The van der Waals surface area contributed by atoms with Crippen molar-refractivity contribution in [1.82, 2.24) is 0 Å². The summed E-state index contributed by atoms with van der Waals surface area (Å²) < 4.78 is 10.3. The fourth-order valence-electron chi connectivity index (χ4n) is 3.16. The van der Waals surface area contributed by atoms with Crippen molar-refractivity contribution in [2.45, 2.75) is 12.5 Å². The molecule has 29 heavy (non-hydrogen) atoms. The molecule has 0 heterocycles. The number of hydrogen-bond donors (Lipinski definition) is 2. The number of carbonyl (C=O) groups is 1. The van der Waals surface area contributed by atoms with Gasteiger partial charge in [0.25, 0.3) is 0 Å². The molecule has 0 aromatic heterocycles. The molecule has 0 spiro atoms. The largest absolute Gasteiger partial charge is 0.497 e. The Hall–Kier alpha value is -3.31. The van der Waals surface area contributed by atoms with E-state index in [1.807, 2.05) is 30.3 Å². The molecule has 0 fully saturated rings. The van der Waals surface area contributed by atoms with E-state index in [1.54, 1.807) is 62.8 Å². The van der Waals surface area contributed by atoms with Gasteiger partial charge in [-0.15, -0.1) is 0 Å². The van der Waals surface area contributed by atoms with E-state index >= 15 is 0 Å². The molecule has 3 rings (SSSR count). The first-order valence-electron chi connectivity index (χ1n) is 9.41. The van der Waals surface area contributed by atoms with E-state index in [-0.39, 0.29) is 5.91 Å². The molecule has 5 heteroatoms. The number of aliphatic hydroxyl groups excluding tert-OH is 1. The minimum Gasteiger partial charge on any atom is -0.497 e. The molecular formula is C24H25NO4. The lowest BCUT2D eigenvalue weighted by Gasteiger charge is -2.23. The van der Waals surface area contributed by atoms with E-state index < -0.39 is 12.0 Å². The summed E-state index contributed by atoms with van der Waals surface area (Å²) in [4.78, 5) is 13.1. The quantitative estimate of drug-likeness (QED) is 0.603. The molecule has 0 saturated heterocycles. The van der Waals surface area contributed by atoms with Crippen LogP contribution in [0.25, 0.3) is 0 Å². The third-order valence-electron chi connectivity index (χ3n) is 4.83. The van der Waals surface area contributed by atoms with Crippen molar-refractivity contribution in [2.24, 2.45) is 5.92 Å². The van der Waals surface area contributed by atoms with E-state index in [0.717, 1.165) is 5.56 Å². The van der Waals surface area contributed by atoms with Crippen LogP contribution in [0.2, 0.25) is 0 Å². The smallest absolute Gasteiger partial charge is 0.230 e. The average Bonchev–Trinajstić information content (AvgIpc) is 2.78. The van der Waals surface area contributed by atoms with Gasteiger partial charge in [0.15, 0.2) is 0 Å². The van der Waals surface area contributed by atoms with Gasteiger partial charge in [-0.05, 0) is 53.9 Å². The van der Waals surface area contributed by atoms with Gasteiger partial charge < -0.3 is 19.9 Å². The summed E-state index contributed by atoms with van der Waals surface area (Å²) in [5.74, 6) is 0.501. The maximum absolute atomic E-state index is 13.1. The third kappa shape index (κ3) is 5.36. The number of aliphatic hydroxyl groups is 1. The van der Waals surface area contributed by atoms with Gasteiger partial charge in [-0.3, -0.25) is 4.79 Å². The van der Waals surface area contributed by atoms with Gasteiger partial charge in [-0.2, -0.15) is 0 Å². The maximum Gasteiger partial charge on any atom is 0.230 e. The Kier molecular flexibility index (Phi) is 6.87. The van der Waals surface area contributed by atoms with Crippen LogP contribution in [0.3, 0.4) is 0 Å². The molecule has 150 valence electrons. The number of carbonyl (C=O) groups excluding carboxylic acids is 1. The van der Waals surface area contributed by atoms with Crippen LogP contribution < -0.4 is 14.8 Å². The normalized spacial score (nSPS) is 12.7. The number of rotatable bonds is 8. The highest BCUT2D eigenvalue weighted by Crippen LogP contribution is 2.28. The molecule has 2 unspecified atom stereocenters. The fraction of sp³-hybridized carbons (Fsp3) is 0.208. The van der Waals surface area contributed by atoms with Crippen molar-refractivity contribution in [3.8, 4) is 11.5 Å². The third-order valence-corrected chi connectivity index (χ3v) is 4.83. The first-order chi connectivity index (χ1) is 14.1. The molecule has 0 radical (unpaired) electrons. The standard InChI is InChI=1S/C24H25NO4/c1-28-20-12-8-18(9-13-20)23(26)22(16-17-6-4-3-5-7-17)24(27)25-19-10-14-21(29-2)15-11-19/h3-15,22-23,26H,16H2,1-2H3,(H,25,27). The fourth-order valence-corrected chi connectivity index (χ4v) is 3.16. The van der Waals surface area contributed by atoms with Gasteiger partial charge in [-0.1, -0.05) is 42.5 Å². The van der Waals surface area contributed by atoms with Crippen LogP contribution in [-0.2, 0) is 11.2 Å². The summed E-state index contributed by atoms with van der Waals surface area (Å²) >= 11 is 0. The van der Waals surface area contributed by atoms with Crippen LogP contribution in [0.1, 0.15) is 17.2 Å². The van der Waals surface area contributed by atoms with Gasteiger partial charge in [-0.25, -0.2) is 0 Å². The van der Waals surface area contributed by atoms with Crippen molar-refractivity contribution >= 4 is 11.6 Å². The molecule has 1 amide bonds. The number of nitrogens with one attached hydrogen (secondary N) is 1. The molecule has 3 aromatic rings. The van der Waals surface area contributed by atoms with E-state index in [4.69, 9.17) is 9.47 Å². The van der Waals surface area contributed by atoms with Gasteiger partial charge in [0.1, 0.15) is 11.5 Å². The first-order valence-corrected chi connectivity index (χ1v) is 9.41. The molecule has 5 nitrogen and oxygen atoms in total. The molecular weight excluding hydrogens is 366 g/mol. The highest BCUT2D eigenvalue weighted by atomic mass is 16.5. The number of ether oxygens (including phenoxy) is 2. The number of amides is 1. The van der Waals surface area contributed by atoms with Crippen LogP contribution in [0.15, 0.2) is 78.9 Å². The Morgan fingerprint density at radius 3 is 1.97 bits per heavy atom. The predicted molar refractivity (Wildman–Crippen MR) is 113 cm³/mol. The van der Waals surface area contributed by atoms with Crippen LogP contribution in [0, 0.1) is 5.92 Å². The molecule has 0 aliphatic rings. The highest BCUT2D eigenvalue weighted by molar-refractivity contribution is 5.93. The molecule has 2 N–H and O–H groups in total. The van der Waals surface area contributed by atoms with Crippen LogP contribution >= 0.6 is 0 Å². The summed E-state index contributed by atoms with van der Waals surface area (Å²) in [5, 5.41) is 13.9. The molecule has 0 aliphatic heterocycles. The monoisotopic (exact) mass is 391 g/mol. The maximum atomic E-state index is 13.1. The second-order valence-corrected chi connectivity index (χ2v) is 6.73. The molecule has 3 aromatic carbocycles. The summed E-state index contributed by atoms with van der Waals surface area (Å²) in [6, 6.07) is 23.9. The van der Waals surface area contributed by atoms with Gasteiger partial charge >= 0.3 is 0 Å². The molecule has 0 bridgehead atoms. The Labute approximate surface area is 170 Å². The SMILES string of the molecule is COc1ccc(NC(=O)C(Cc2ccccc2)C(O)c2ccc(OC)cc2)cc1. The number of benzene rings is 3. The number of methoxy groups -OCH3 is 2. The van der Waals surface area contributed by atoms with Crippen molar-refractivity contribution in [3.63, 3.8) is 0 Å². The number of anilines is 1. The summed E-state index contributed by atoms with van der Waals surface area (Å²) in [5.41, 5.74) is 2.29. The average molecular weight is 391 g/mol. The topological polar surface area (TPSA) is 67.8 Å². The minimum absolute atomic E-state index is 0.248. The lowest BCUT2D eigenvalue weighted by molar-refractivity contribution is -0.123. The lowest BCUT2D eigenvalue weighted by atomic mass is 9.89. The summed E-state index contributed by atoms with van der Waals surface area (Å²) in [6.45, 7) is 0. The van der Waals surface area contributed by atoms with E-state index in [2.05, 4.69) is 5.32 Å². The van der Waals surface area contributed by atoms with Gasteiger partial charge in [0, 0.05) is 5.69 Å². The second kappa shape index (κ2) is 9.75. The summed E-state index contributed by atoms with van der Waals surface area (Å²) in [7, 11) is 3.18. The Morgan fingerprint density at radius 2 is 1.41 bits per heavy atom. The Bertz CT molecular complexity index is 908. The van der Waals surface area contributed by atoms with Gasteiger partial charge in [0.05, 0.1) is 26.2 Å². The van der Waals surface area contributed by atoms with Crippen molar-refractivity contribution in [1.29, 1.82) is 0 Å². The second-order valence-electron chi connectivity index (χ2n) is 6.73. The first kappa shape index (κ1) is 20.4. The zero-order valence-electron chi connectivity index (χ0n) is 16.5. The molecule has 0 aliphatic carbocycles. The van der Waals surface area contributed by atoms with E-state index in [0.29, 0.717) is 29.2 Å².